The first-order valence-electron chi connectivity index (χ1n) is 6.21. The molecule has 6 nitrogen and oxygen atoms in total. The van der Waals surface area contributed by atoms with Crippen LogP contribution in [0.3, 0.4) is 0 Å². The van der Waals surface area contributed by atoms with Crippen LogP contribution in [0.15, 0.2) is 0 Å². The average Bonchev–Trinajstić information content (AvgIpc) is 2.24. The summed E-state index contributed by atoms with van der Waals surface area (Å²) in [6.45, 7) is 2.06. The summed E-state index contributed by atoms with van der Waals surface area (Å²) in [5.74, 6) is -1.00. The molecule has 2 N–H and O–H groups in total. The number of urea groups is 1. The Hall–Kier alpha value is -1.30. The van der Waals surface area contributed by atoms with Crippen LogP contribution in [0.25, 0.3) is 0 Å². The molecule has 0 saturated heterocycles. The van der Waals surface area contributed by atoms with E-state index in [0.29, 0.717) is 6.54 Å². The molecule has 1 saturated carbocycles. The molecule has 1 fully saturated rings. The van der Waals surface area contributed by atoms with Crippen LogP contribution in [0.4, 0.5) is 4.79 Å². The van der Waals surface area contributed by atoms with Gasteiger partial charge in [-0.1, -0.05) is 0 Å². The summed E-state index contributed by atoms with van der Waals surface area (Å²) in [7, 11) is 5.51. The molecule has 0 spiro atoms. The zero-order valence-corrected chi connectivity index (χ0v) is 11.6. The van der Waals surface area contributed by atoms with Crippen LogP contribution in [0.2, 0.25) is 0 Å². The number of carboxylic acids is 1. The summed E-state index contributed by atoms with van der Waals surface area (Å²) >= 11 is 0. The Kier molecular flexibility index (Phi) is 4.56. The summed E-state index contributed by atoms with van der Waals surface area (Å²) in [4.78, 5) is 26.0. The lowest BCUT2D eigenvalue weighted by molar-refractivity contribution is -0.141. The monoisotopic (exact) mass is 257 g/mol. The van der Waals surface area contributed by atoms with Gasteiger partial charge < -0.3 is 20.2 Å². The number of aliphatic carboxylic acids is 1. The van der Waals surface area contributed by atoms with Gasteiger partial charge in [0, 0.05) is 19.1 Å². The molecule has 0 bridgehead atoms. The Morgan fingerprint density at radius 2 is 1.89 bits per heavy atom. The fourth-order valence-electron chi connectivity index (χ4n) is 2.07. The lowest BCUT2D eigenvalue weighted by Gasteiger charge is -2.47. The summed E-state index contributed by atoms with van der Waals surface area (Å²) in [6, 6.07) is -1.15. The number of amides is 2. The number of hydrogen-bond acceptors (Lipinski definition) is 3. The standard InChI is InChI=1S/C12H23N3O3/c1-9(10(16)17)15(4)11(18)13-8-12(14(2)3)6-5-7-12/h9H,5-8H2,1-4H3,(H,13,18)(H,16,17). The van der Waals surface area contributed by atoms with E-state index in [1.807, 2.05) is 14.1 Å². The lowest BCUT2D eigenvalue weighted by Crippen LogP contribution is -2.59. The predicted molar refractivity (Wildman–Crippen MR) is 68.5 cm³/mol. The van der Waals surface area contributed by atoms with Crippen molar-refractivity contribution in [3.05, 3.63) is 0 Å². The van der Waals surface area contributed by atoms with Crippen molar-refractivity contribution in [2.24, 2.45) is 0 Å². The second-order valence-corrected chi connectivity index (χ2v) is 5.26. The molecule has 18 heavy (non-hydrogen) atoms. The summed E-state index contributed by atoms with van der Waals surface area (Å²) in [5, 5.41) is 11.7. The van der Waals surface area contributed by atoms with E-state index in [2.05, 4.69) is 10.2 Å². The maximum atomic E-state index is 11.8. The molecule has 1 aliphatic rings. The van der Waals surface area contributed by atoms with E-state index in [0.717, 1.165) is 12.8 Å². The lowest BCUT2D eigenvalue weighted by atomic mass is 9.75. The second kappa shape index (κ2) is 5.56. The van der Waals surface area contributed by atoms with Gasteiger partial charge in [0.15, 0.2) is 0 Å². The molecule has 0 heterocycles. The summed E-state index contributed by atoms with van der Waals surface area (Å²) in [5.41, 5.74) is 0.0446. The molecule has 0 aromatic carbocycles. The molecule has 1 atom stereocenters. The Labute approximate surface area is 108 Å². The Morgan fingerprint density at radius 3 is 2.22 bits per heavy atom. The van der Waals surface area contributed by atoms with Crippen LogP contribution in [0.5, 0.6) is 0 Å². The molecule has 0 aromatic rings. The maximum Gasteiger partial charge on any atom is 0.326 e. The minimum absolute atomic E-state index is 0.0446. The minimum atomic E-state index is -1.00. The average molecular weight is 257 g/mol. The number of nitrogens with zero attached hydrogens (tertiary/aromatic N) is 2. The van der Waals surface area contributed by atoms with Crippen molar-refractivity contribution in [3.63, 3.8) is 0 Å². The molecular weight excluding hydrogens is 234 g/mol. The van der Waals surface area contributed by atoms with E-state index in [9.17, 15) is 9.59 Å². The molecule has 2 amide bonds. The van der Waals surface area contributed by atoms with Gasteiger partial charge in [0.2, 0.25) is 0 Å². The zero-order valence-electron chi connectivity index (χ0n) is 11.6. The van der Waals surface area contributed by atoms with Crippen LogP contribution in [-0.4, -0.2) is 66.2 Å². The van der Waals surface area contributed by atoms with Crippen molar-refractivity contribution in [1.82, 2.24) is 15.1 Å². The second-order valence-electron chi connectivity index (χ2n) is 5.26. The maximum absolute atomic E-state index is 11.8. The van der Waals surface area contributed by atoms with Gasteiger partial charge >= 0.3 is 12.0 Å². The molecule has 0 aromatic heterocycles. The molecular formula is C12H23N3O3. The Balaban J connectivity index is 2.48. The third-order valence-electron chi connectivity index (χ3n) is 4.06. The SMILES string of the molecule is CC(C(=O)O)N(C)C(=O)NCC1(N(C)C)CCC1. The van der Waals surface area contributed by atoms with Crippen LogP contribution in [0.1, 0.15) is 26.2 Å². The number of likely N-dealkylation sites (N-methyl/N-ethyl adjacent to an activating group) is 2. The van der Waals surface area contributed by atoms with Crippen molar-refractivity contribution in [2.45, 2.75) is 37.8 Å². The normalized spacial score (nSPS) is 18.9. The Morgan fingerprint density at radius 1 is 1.33 bits per heavy atom. The third-order valence-corrected chi connectivity index (χ3v) is 4.06. The van der Waals surface area contributed by atoms with E-state index in [-0.39, 0.29) is 11.6 Å². The minimum Gasteiger partial charge on any atom is -0.480 e. The highest BCUT2D eigenvalue weighted by Crippen LogP contribution is 2.35. The number of carbonyl (C=O) groups excluding carboxylic acids is 1. The number of rotatable bonds is 5. The number of carbonyl (C=O) groups is 2. The van der Waals surface area contributed by atoms with Crippen molar-refractivity contribution >= 4 is 12.0 Å². The smallest absolute Gasteiger partial charge is 0.326 e. The van der Waals surface area contributed by atoms with Gasteiger partial charge in [0.05, 0.1) is 0 Å². The molecule has 1 aliphatic carbocycles. The van der Waals surface area contributed by atoms with E-state index >= 15 is 0 Å². The first-order chi connectivity index (χ1) is 8.30. The Bertz CT molecular complexity index is 327. The van der Waals surface area contributed by atoms with Crippen LogP contribution >= 0.6 is 0 Å². The van der Waals surface area contributed by atoms with Crippen LogP contribution in [0, 0.1) is 0 Å². The van der Waals surface area contributed by atoms with E-state index in [4.69, 9.17) is 5.11 Å². The number of carboxylic acid groups (broad SMARTS) is 1. The van der Waals surface area contributed by atoms with Gasteiger partial charge in [-0.3, -0.25) is 0 Å². The van der Waals surface area contributed by atoms with Crippen LogP contribution in [-0.2, 0) is 4.79 Å². The first-order valence-corrected chi connectivity index (χ1v) is 6.21. The molecule has 1 rings (SSSR count). The predicted octanol–water partition coefficient (Wildman–Crippen LogP) is 0.585. The van der Waals surface area contributed by atoms with Gasteiger partial charge in [0.25, 0.3) is 0 Å². The van der Waals surface area contributed by atoms with Crippen molar-refractivity contribution in [1.29, 1.82) is 0 Å². The van der Waals surface area contributed by atoms with E-state index in [1.165, 1.54) is 25.3 Å². The molecule has 1 unspecified atom stereocenters. The van der Waals surface area contributed by atoms with Crippen molar-refractivity contribution in [2.75, 3.05) is 27.7 Å². The van der Waals surface area contributed by atoms with Gasteiger partial charge in [-0.15, -0.1) is 0 Å². The van der Waals surface area contributed by atoms with Crippen molar-refractivity contribution < 1.29 is 14.7 Å². The highest BCUT2D eigenvalue weighted by atomic mass is 16.4. The highest BCUT2D eigenvalue weighted by molar-refractivity contribution is 5.82. The molecule has 6 heteroatoms. The van der Waals surface area contributed by atoms with Gasteiger partial charge in [-0.2, -0.15) is 0 Å². The fraction of sp³-hybridized carbons (Fsp3) is 0.833. The molecule has 0 radical (unpaired) electrons. The topological polar surface area (TPSA) is 72.9 Å². The summed E-state index contributed by atoms with van der Waals surface area (Å²) in [6.07, 6.45) is 3.31. The van der Waals surface area contributed by atoms with E-state index in [1.54, 1.807) is 0 Å². The van der Waals surface area contributed by atoms with Crippen molar-refractivity contribution in [3.8, 4) is 0 Å². The van der Waals surface area contributed by atoms with E-state index < -0.39 is 12.0 Å². The van der Waals surface area contributed by atoms with Crippen LogP contribution < -0.4 is 5.32 Å². The zero-order chi connectivity index (χ0) is 13.9. The van der Waals surface area contributed by atoms with Gasteiger partial charge in [0.1, 0.15) is 6.04 Å². The third kappa shape index (κ3) is 2.93. The number of hydrogen-bond donors (Lipinski definition) is 2. The van der Waals surface area contributed by atoms with Gasteiger partial charge in [-0.05, 0) is 40.3 Å². The first kappa shape index (κ1) is 14.8. The molecule has 104 valence electrons. The highest BCUT2D eigenvalue weighted by Gasteiger charge is 2.39. The molecule has 0 aliphatic heterocycles. The summed E-state index contributed by atoms with van der Waals surface area (Å²) < 4.78 is 0. The fourth-order valence-corrected chi connectivity index (χ4v) is 2.07. The van der Waals surface area contributed by atoms with Gasteiger partial charge in [-0.25, -0.2) is 9.59 Å². The quantitative estimate of drug-likeness (QED) is 0.756. The largest absolute Gasteiger partial charge is 0.480 e. The number of nitrogens with one attached hydrogen (secondary N) is 1.